The first kappa shape index (κ1) is 11.4. The van der Waals surface area contributed by atoms with E-state index in [0.717, 1.165) is 18.7 Å². The third-order valence-corrected chi connectivity index (χ3v) is 3.56. The fourth-order valence-electron chi connectivity index (χ4n) is 2.53. The summed E-state index contributed by atoms with van der Waals surface area (Å²) in [6.45, 7) is 2.08. The molecule has 3 heterocycles. The van der Waals surface area contributed by atoms with E-state index in [2.05, 4.69) is 21.9 Å². The van der Waals surface area contributed by atoms with Gasteiger partial charge in [0.2, 0.25) is 0 Å². The Hall–Kier alpha value is -1.69. The summed E-state index contributed by atoms with van der Waals surface area (Å²) in [6.07, 6.45) is 5.41. The van der Waals surface area contributed by atoms with Crippen molar-refractivity contribution in [1.82, 2.24) is 14.9 Å². The predicted molar refractivity (Wildman–Crippen MR) is 65.3 cm³/mol. The highest BCUT2D eigenvalue weighted by molar-refractivity contribution is 5.87. The Morgan fingerprint density at radius 3 is 2.78 bits per heavy atom. The molecule has 2 fully saturated rings. The van der Waals surface area contributed by atoms with E-state index in [9.17, 15) is 4.79 Å². The van der Waals surface area contributed by atoms with Crippen molar-refractivity contribution in [3.05, 3.63) is 18.1 Å². The summed E-state index contributed by atoms with van der Waals surface area (Å²) >= 11 is 0. The number of carbonyl (C=O) groups is 1. The number of anilines is 1. The van der Waals surface area contributed by atoms with Crippen molar-refractivity contribution < 1.29 is 9.53 Å². The van der Waals surface area contributed by atoms with Crippen LogP contribution in [-0.2, 0) is 4.74 Å². The molecule has 2 saturated heterocycles. The molecule has 1 amide bonds. The zero-order chi connectivity index (χ0) is 12.5. The fourth-order valence-corrected chi connectivity index (χ4v) is 2.53. The summed E-state index contributed by atoms with van der Waals surface area (Å²) in [7, 11) is 2.10. The Morgan fingerprint density at radius 2 is 2.22 bits per heavy atom. The molecule has 2 aliphatic rings. The van der Waals surface area contributed by atoms with Crippen LogP contribution in [0.2, 0.25) is 0 Å². The number of amides is 1. The van der Waals surface area contributed by atoms with Gasteiger partial charge in [-0.25, -0.2) is 9.78 Å². The quantitative estimate of drug-likeness (QED) is 0.787. The largest absolute Gasteiger partial charge is 0.447 e. The van der Waals surface area contributed by atoms with Gasteiger partial charge >= 0.3 is 6.09 Å². The molecule has 6 heteroatoms. The normalized spacial score (nSPS) is 24.6. The Kier molecular flexibility index (Phi) is 2.87. The summed E-state index contributed by atoms with van der Waals surface area (Å²) in [5.41, 5.74) is 0.978. The van der Waals surface area contributed by atoms with Gasteiger partial charge in [-0.3, -0.25) is 14.8 Å². The average Bonchev–Trinajstić information content (AvgIpc) is 2.98. The maximum Gasteiger partial charge on any atom is 0.415 e. The van der Waals surface area contributed by atoms with Crippen molar-refractivity contribution in [2.75, 3.05) is 31.6 Å². The number of nitrogens with zero attached hydrogens (tertiary/aromatic N) is 4. The molecule has 1 aromatic rings. The molecule has 0 unspecified atom stereocenters. The summed E-state index contributed by atoms with van der Waals surface area (Å²) in [5.74, 6) is 0.571. The lowest BCUT2D eigenvalue weighted by atomic mass is 10.1. The molecule has 0 bridgehead atoms. The summed E-state index contributed by atoms with van der Waals surface area (Å²) in [5, 5.41) is 0. The van der Waals surface area contributed by atoms with Crippen LogP contribution < -0.4 is 4.90 Å². The van der Waals surface area contributed by atoms with Gasteiger partial charge in [0.05, 0.1) is 30.7 Å². The molecule has 0 aromatic carbocycles. The first-order valence-electron chi connectivity index (χ1n) is 6.22. The molecule has 3 rings (SSSR count). The highest BCUT2D eigenvalue weighted by Gasteiger charge is 2.27. The maximum absolute atomic E-state index is 11.4. The van der Waals surface area contributed by atoms with E-state index >= 15 is 0 Å². The third-order valence-electron chi connectivity index (χ3n) is 3.56. The highest BCUT2D eigenvalue weighted by atomic mass is 16.6. The number of aromatic nitrogens is 2. The molecule has 0 aliphatic carbocycles. The van der Waals surface area contributed by atoms with Gasteiger partial charge in [-0.15, -0.1) is 0 Å². The van der Waals surface area contributed by atoms with Crippen LogP contribution in [-0.4, -0.2) is 47.7 Å². The lowest BCUT2D eigenvalue weighted by Crippen LogP contribution is -2.25. The molecule has 18 heavy (non-hydrogen) atoms. The van der Waals surface area contributed by atoms with Gasteiger partial charge in [-0.1, -0.05) is 0 Å². The minimum absolute atomic E-state index is 0.338. The molecule has 1 aromatic heterocycles. The summed E-state index contributed by atoms with van der Waals surface area (Å²) in [6, 6.07) is 0.358. The second kappa shape index (κ2) is 4.53. The van der Waals surface area contributed by atoms with Crippen molar-refractivity contribution in [2.45, 2.75) is 18.9 Å². The number of rotatable bonds is 2. The number of hydrogen-bond donors (Lipinski definition) is 0. The minimum Gasteiger partial charge on any atom is -0.447 e. The van der Waals surface area contributed by atoms with Gasteiger partial charge in [-0.05, 0) is 26.4 Å². The zero-order valence-electron chi connectivity index (χ0n) is 10.4. The van der Waals surface area contributed by atoms with Crippen LogP contribution in [0.1, 0.15) is 24.6 Å². The van der Waals surface area contributed by atoms with Gasteiger partial charge in [-0.2, -0.15) is 0 Å². The van der Waals surface area contributed by atoms with Crippen molar-refractivity contribution in [3.63, 3.8) is 0 Å². The van der Waals surface area contributed by atoms with E-state index in [4.69, 9.17) is 4.74 Å². The van der Waals surface area contributed by atoms with Crippen molar-refractivity contribution in [2.24, 2.45) is 0 Å². The van der Waals surface area contributed by atoms with Gasteiger partial charge in [0, 0.05) is 0 Å². The molecular formula is C12H16N4O2. The van der Waals surface area contributed by atoms with Crippen LogP contribution in [0, 0.1) is 0 Å². The first-order valence-corrected chi connectivity index (χ1v) is 6.22. The average molecular weight is 248 g/mol. The van der Waals surface area contributed by atoms with Crippen LogP contribution in [0.3, 0.4) is 0 Å². The number of carbonyl (C=O) groups excluding carboxylic acids is 1. The van der Waals surface area contributed by atoms with Gasteiger partial charge in [0.1, 0.15) is 6.61 Å². The Morgan fingerprint density at radius 1 is 1.33 bits per heavy atom. The lowest BCUT2D eigenvalue weighted by Gasteiger charge is -2.19. The molecule has 0 spiro atoms. The van der Waals surface area contributed by atoms with Crippen molar-refractivity contribution in [1.29, 1.82) is 0 Å². The van der Waals surface area contributed by atoms with Crippen molar-refractivity contribution in [3.8, 4) is 0 Å². The fraction of sp³-hybridized carbons (Fsp3) is 0.583. The highest BCUT2D eigenvalue weighted by Crippen LogP contribution is 2.29. The molecule has 1 atom stereocenters. The van der Waals surface area contributed by atoms with E-state index in [0.29, 0.717) is 25.0 Å². The molecular weight excluding hydrogens is 232 g/mol. The summed E-state index contributed by atoms with van der Waals surface area (Å²) < 4.78 is 4.88. The van der Waals surface area contributed by atoms with Crippen LogP contribution in [0.25, 0.3) is 0 Å². The summed E-state index contributed by atoms with van der Waals surface area (Å²) in [4.78, 5) is 24.0. The van der Waals surface area contributed by atoms with Crippen LogP contribution in [0.5, 0.6) is 0 Å². The minimum atomic E-state index is -0.338. The molecule has 0 saturated carbocycles. The van der Waals surface area contributed by atoms with E-state index in [1.807, 2.05) is 0 Å². The third kappa shape index (κ3) is 1.92. The second-order valence-corrected chi connectivity index (χ2v) is 4.70. The number of hydrogen-bond acceptors (Lipinski definition) is 5. The Bertz CT molecular complexity index is 448. The van der Waals surface area contributed by atoms with Gasteiger partial charge in [0.25, 0.3) is 0 Å². The SMILES string of the molecule is CN1CCC[C@@H]1c1cnc(N2CCOC2=O)cn1. The number of likely N-dealkylation sites (tertiary alicyclic amines) is 1. The van der Waals surface area contributed by atoms with E-state index in [1.54, 1.807) is 12.4 Å². The van der Waals surface area contributed by atoms with E-state index < -0.39 is 0 Å². The van der Waals surface area contributed by atoms with Gasteiger partial charge < -0.3 is 4.74 Å². The first-order chi connectivity index (χ1) is 8.75. The lowest BCUT2D eigenvalue weighted by molar-refractivity contribution is 0.181. The molecule has 6 nitrogen and oxygen atoms in total. The van der Waals surface area contributed by atoms with E-state index in [1.165, 1.54) is 11.3 Å². The maximum atomic E-state index is 11.4. The monoisotopic (exact) mass is 248 g/mol. The van der Waals surface area contributed by atoms with Crippen LogP contribution >= 0.6 is 0 Å². The van der Waals surface area contributed by atoms with Crippen molar-refractivity contribution >= 4 is 11.9 Å². The molecule has 0 N–H and O–H groups in total. The van der Waals surface area contributed by atoms with E-state index in [-0.39, 0.29) is 6.09 Å². The smallest absolute Gasteiger partial charge is 0.415 e. The van der Waals surface area contributed by atoms with Gasteiger partial charge in [0.15, 0.2) is 5.82 Å². The molecule has 96 valence electrons. The second-order valence-electron chi connectivity index (χ2n) is 4.70. The predicted octanol–water partition coefficient (Wildman–Crippen LogP) is 1.20. The van der Waals surface area contributed by atoms with Crippen LogP contribution in [0.15, 0.2) is 12.4 Å². The van der Waals surface area contributed by atoms with Crippen LogP contribution in [0.4, 0.5) is 10.6 Å². The molecule has 2 aliphatic heterocycles. The number of ether oxygens (including phenoxy) is 1. The number of cyclic esters (lactones) is 1. The molecule has 0 radical (unpaired) electrons. The zero-order valence-corrected chi connectivity index (χ0v) is 10.4. The standard InChI is InChI=1S/C12H16N4O2/c1-15-4-2-3-10(15)9-7-14-11(8-13-9)16-5-6-18-12(16)17/h7-8,10H,2-6H2,1H3/t10-/m1/s1. The Balaban J connectivity index is 1.78. The Labute approximate surface area is 106 Å². The topological polar surface area (TPSA) is 58.6 Å².